The number of nitrogens with zero attached hydrogens (tertiary/aromatic N) is 4. The van der Waals surface area contributed by atoms with Gasteiger partial charge in [-0.05, 0) is 60.7 Å². The van der Waals surface area contributed by atoms with Crippen LogP contribution in [0.25, 0.3) is 22.5 Å². The number of piperazine rings is 1. The number of anilines is 2. The van der Waals surface area contributed by atoms with Gasteiger partial charge in [-0.3, -0.25) is 0 Å². The van der Waals surface area contributed by atoms with Crippen molar-refractivity contribution >= 4 is 11.8 Å². The van der Waals surface area contributed by atoms with Crippen molar-refractivity contribution in [3.05, 3.63) is 84.1 Å². The van der Waals surface area contributed by atoms with Gasteiger partial charge in [-0.15, -0.1) is 0 Å². The zero-order chi connectivity index (χ0) is 24.6. The zero-order valence-electron chi connectivity index (χ0n) is 18.4. The number of H-pyrrole nitrogens is 1. The molecule has 1 aliphatic heterocycles. The monoisotopic (exact) mass is 485 g/mol. The van der Waals surface area contributed by atoms with Gasteiger partial charge in [-0.2, -0.15) is 13.2 Å². The molecular formula is C25H20F5N5. The smallest absolute Gasteiger partial charge is 0.353 e. The topological polar surface area (TPSA) is 48.1 Å². The molecule has 2 aromatic heterocycles. The quantitative estimate of drug-likeness (QED) is 0.374. The van der Waals surface area contributed by atoms with Crippen molar-refractivity contribution in [1.29, 1.82) is 0 Å². The first-order chi connectivity index (χ1) is 16.8. The number of aromatic nitrogens is 3. The Morgan fingerprint density at radius 3 is 1.91 bits per heavy atom. The van der Waals surface area contributed by atoms with E-state index in [4.69, 9.17) is 4.98 Å². The molecular weight excluding hydrogens is 465 g/mol. The summed E-state index contributed by atoms with van der Waals surface area (Å²) in [5, 5.41) is 0. The first kappa shape index (κ1) is 22.8. The van der Waals surface area contributed by atoms with Crippen LogP contribution in [-0.2, 0) is 6.18 Å². The van der Waals surface area contributed by atoms with Gasteiger partial charge < -0.3 is 14.8 Å². The van der Waals surface area contributed by atoms with Gasteiger partial charge in [0.1, 0.15) is 17.5 Å². The highest BCUT2D eigenvalue weighted by Gasteiger charge is 2.36. The lowest BCUT2D eigenvalue weighted by Crippen LogP contribution is -2.47. The molecule has 4 aromatic rings. The third kappa shape index (κ3) is 4.68. The second-order valence-electron chi connectivity index (χ2n) is 8.14. The summed E-state index contributed by atoms with van der Waals surface area (Å²) in [5.41, 5.74) is 1.82. The number of aromatic amines is 1. The normalized spacial score (nSPS) is 14.4. The molecule has 3 heterocycles. The van der Waals surface area contributed by atoms with E-state index >= 15 is 0 Å². The van der Waals surface area contributed by atoms with E-state index < -0.39 is 11.7 Å². The molecule has 0 atom stereocenters. The molecule has 5 nitrogen and oxygen atoms in total. The summed E-state index contributed by atoms with van der Waals surface area (Å²) in [7, 11) is 0. The second kappa shape index (κ2) is 9.01. The zero-order valence-corrected chi connectivity index (χ0v) is 18.4. The van der Waals surface area contributed by atoms with Crippen molar-refractivity contribution < 1.29 is 22.0 Å². The van der Waals surface area contributed by atoms with Crippen LogP contribution in [0.15, 0.2) is 66.9 Å². The van der Waals surface area contributed by atoms with Crippen molar-refractivity contribution in [3.8, 4) is 22.5 Å². The largest absolute Gasteiger partial charge is 0.419 e. The number of halogens is 5. The first-order valence-electron chi connectivity index (χ1n) is 10.9. The third-order valence-electron chi connectivity index (χ3n) is 5.91. The highest BCUT2D eigenvalue weighted by atomic mass is 19.4. The van der Waals surface area contributed by atoms with Crippen LogP contribution in [0.5, 0.6) is 0 Å². The maximum atomic E-state index is 13.5. The van der Waals surface area contributed by atoms with Gasteiger partial charge in [-0.1, -0.05) is 0 Å². The van der Waals surface area contributed by atoms with Gasteiger partial charge in [0.25, 0.3) is 0 Å². The minimum Gasteiger partial charge on any atom is -0.353 e. The lowest BCUT2D eigenvalue weighted by atomic mass is 10.1. The summed E-state index contributed by atoms with van der Waals surface area (Å²) < 4.78 is 67.3. The van der Waals surface area contributed by atoms with Gasteiger partial charge in [0.05, 0.1) is 17.0 Å². The van der Waals surface area contributed by atoms with Crippen LogP contribution in [0.4, 0.5) is 33.7 Å². The van der Waals surface area contributed by atoms with E-state index in [9.17, 15) is 22.0 Å². The Bertz CT molecular complexity index is 1240. The molecule has 0 aliphatic carbocycles. The van der Waals surface area contributed by atoms with E-state index in [2.05, 4.69) is 9.97 Å². The molecule has 0 spiro atoms. The Labute approximate surface area is 197 Å². The minimum absolute atomic E-state index is 0.0851. The van der Waals surface area contributed by atoms with Gasteiger partial charge in [0.15, 0.2) is 0 Å². The van der Waals surface area contributed by atoms with E-state index in [1.165, 1.54) is 36.5 Å². The molecule has 1 saturated heterocycles. The lowest BCUT2D eigenvalue weighted by molar-refractivity contribution is -0.137. The second-order valence-corrected chi connectivity index (χ2v) is 8.14. The van der Waals surface area contributed by atoms with Crippen LogP contribution >= 0.6 is 0 Å². The molecule has 1 N–H and O–H groups in total. The van der Waals surface area contributed by atoms with Crippen molar-refractivity contribution in [3.63, 3.8) is 0 Å². The summed E-state index contributed by atoms with van der Waals surface area (Å²) >= 11 is 0. The van der Waals surface area contributed by atoms with Gasteiger partial charge >= 0.3 is 6.18 Å². The standard InChI is InChI=1S/C25H20F5N5/c26-18-7-3-16(4-8-18)21-22(17-5-9-19(27)10-6-17)33-24(32-21)35-14-12-34(13-15-35)23-20(25(28,29)30)2-1-11-31-23/h1-11H,12-15H2,(H,32,33). The Kier molecular flexibility index (Phi) is 5.88. The van der Waals surface area contributed by atoms with Crippen molar-refractivity contribution in [2.24, 2.45) is 0 Å². The molecule has 0 saturated carbocycles. The van der Waals surface area contributed by atoms with Crippen LogP contribution in [-0.4, -0.2) is 41.1 Å². The predicted octanol–water partition coefficient (Wildman–Crippen LogP) is 5.76. The fourth-order valence-corrected chi connectivity index (χ4v) is 4.15. The molecule has 10 heteroatoms. The van der Waals surface area contributed by atoms with Gasteiger partial charge in [0.2, 0.25) is 5.95 Å². The van der Waals surface area contributed by atoms with Crippen LogP contribution < -0.4 is 9.80 Å². The third-order valence-corrected chi connectivity index (χ3v) is 5.91. The molecule has 0 amide bonds. The van der Waals surface area contributed by atoms with E-state index in [1.54, 1.807) is 29.2 Å². The van der Waals surface area contributed by atoms with Crippen molar-refractivity contribution in [1.82, 2.24) is 15.0 Å². The van der Waals surface area contributed by atoms with Crippen LogP contribution in [0.3, 0.4) is 0 Å². The molecule has 5 rings (SSSR count). The molecule has 0 radical (unpaired) electrons. The number of hydrogen-bond acceptors (Lipinski definition) is 4. The highest BCUT2D eigenvalue weighted by Crippen LogP contribution is 2.36. The first-order valence-corrected chi connectivity index (χ1v) is 10.9. The van der Waals surface area contributed by atoms with E-state index in [0.29, 0.717) is 54.6 Å². The average Bonchev–Trinajstić information content (AvgIpc) is 3.30. The molecule has 35 heavy (non-hydrogen) atoms. The Balaban J connectivity index is 1.43. The Morgan fingerprint density at radius 1 is 0.743 bits per heavy atom. The summed E-state index contributed by atoms with van der Waals surface area (Å²) in [4.78, 5) is 15.5. The number of hydrogen-bond donors (Lipinski definition) is 1. The van der Waals surface area contributed by atoms with E-state index in [0.717, 1.165) is 6.07 Å². The Morgan fingerprint density at radius 2 is 1.31 bits per heavy atom. The molecule has 1 aliphatic rings. The highest BCUT2D eigenvalue weighted by molar-refractivity contribution is 5.80. The molecule has 180 valence electrons. The van der Waals surface area contributed by atoms with Crippen LogP contribution in [0, 0.1) is 11.6 Å². The molecule has 2 aromatic carbocycles. The van der Waals surface area contributed by atoms with Crippen molar-refractivity contribution in [2.75, 3.05) is 36.0 Å². The summed E-state index contributed by atoms with van der Waals surface area (Å²) in [6.07, 6.45) is -3.14. The van der Waals surface area contributed by atoms with Gasteiger partial charge in [-0.25, -0.2) is 18.7 Å². The maximum Gasteiger partial charge on any atom is 0.419 e. The number of benzene rings is 2. The van der Waals surface area contributed by atoms with E-state index in [1.807, 2.05) is 4.90 Å². The summed E-state index contributed by atoms with van der Waals surface area (Å²) in [5.74, 6) is -0.309. The molecule has 0 unspecified atom stereocenters. The number of pyridine rings is 1. The molecule has 0 bridgehead atoms. The maximum absolute atomic E-state index is 13.5. The van der Waals surface area contributed by atoms with Gasteiger partial charge in [0, 0.05) is 43.5 Å². The number of alkyl halides is 3. The van der Waals surface area contributed by atoms with Crippen molar-refractivity contribution in [2.45, 2.75) is 6.18 Å². The summed E-state index contributed by atoms with van der Waals surface area (Å²) in [6.45, 7) is 1.46. The number of rotatable bonds is 4. The molecule has 1 fully saturated rings. The fraction of sp³-hybridized carbons (Fsp3) is 0.200. The van der Waals surface area contributed by atoms with E-state index in [-0.39, 0.29) is 17.5 Å². The van der Waals surface area contributed by atoms with Crippen LogP contribution in [0.1, 0.15) is 5.56 Å². The average molecular weight is 485 g/mol. The lowest BCUT2D eigenvalue weighted by Gasteiger charge is -2.36. The fourth-order valence-electron chi connectivity index (χ4n) is 4.15. The van der Waals surface area contributed by atoms with Crippen LogP contribution in [0.2, 0.25) is 0 Å². The number of nitrogens with one attached hydrogen (secondary N) is 1. The Hall–Kier alpha value is -3.95. The predicted molar refractivity (Wildman–Crippen MR) is 123 cm³/mol. The minimum atomic E-state index is -4.49. The SMILES string of the molecule is Fc1ccc(-c2nc(N3CCN(c4ncccc4C(F)(F)F)CC3)[nH]c2-c2ccc(F)cc2)cc1. The number of imidazole rings is 1. The summed E-state index contributed by atoms with van der Waals surface area (Å²) in [6, 6.07) is 14.1.